The fourth-order valence-electron chi connectivity index (χ4n) is 2.72. The molecule has 3 atom stereocenters. The monoisotopic (exact) mass is 312 g/mol. The number of esters is 1. The zero-order valence-corrected chi connectivity index (χ0v) is 13.8. The van der Waals surface area contributed by atoms with E-state index in [9.17, 15) is 4.79 Å². The molecule has 0 radical (unpaired) electrons. The average molecular weight is 312 g/mol. The standard InChI is InChI=1S/C17H28O5/c1-5-10-21-16(19)15-11-14(12(3)4)13(8-7-9-18)17(22-15)20-6-2/h5,11-14,17-18H,1,6-10H2,2-4H3. The van der Waals surface area contributed by atoms with Crippen LogP contribution in [0, 0.1) is 17.8 Å². The van der Waals surface area contributed by atoms with Crippen molar-refractivity contribution in [2.24, 2.45) is 17.8 Å². The van der Waals surface area contributed by atoms with Crippen molar-refractivity contribution in [3.05, 3.63) is 24.5 Å². The van der Waals surface area contributed by atoms with Crippen LogP contribution in [0.4, 0.5) is 0 Å². The van der Waals surface area contributed by atoms with Crippen LogP contribution in [0.15, 0.2) is 24.5 Å². The van der Waals surface area contributed by atoms with Crippen molar-refractivity contribution in [1.29, 1.82) is 0 Å². The second-order valence-corrected chi connectivity index (χ2v) is 5.71. The predicted molar refractivity (Wildman–Crippen MR) is 83.9 cm³/mol. The van der Waals surface area contributed by atoms with E-state index in [1.54, 1.807) is 0 Å². The van der Waals surface area contributed by atoms with Gasteiger partial charge in [0.15, 0.2) is 0 Å². The van der Waals surface area contributed by atoms with Crippen molar-refractivity contribution in [3.8, 4) is 0 Å². The maximum atomic E-state index is 12.0. The molecule has 0 aliphatic carbocycles. The Labute approximate surface area is 132 Å². The lowest BCUT2D eigenvalue weighted by Crippen LogP contribution is -2.39. The average Bonchev–Trinajstić information content (AvgIpc) is 2.50. The zero-order chi connectivity index (χ0) is 16.5. The molecule has 1 aliphatic rings. The van der Waals surface area contributed by atoms with Gasteiger partial charge in [-0.15, -0.1) is 0 Å². The summed E-state index contributed by atoms with van der Waals surface area (Å²) in [7, 11) is 0. The lowest BCUT2D eigenvalue weighted by Gasteiger charge is -2.38. The molecule has 1 N–H and O–H groups in total. The Morgan fingerprint density at radius 1 is 1.55 bits per heavy atom. The Hall–Kier alpha value is -1.33. The molecule has 1 rings (SSSR count). The van der Waals surface area contributed by atoms with E-state index in [-0.39, 0.29) is 30.8 Å². The van der Waals surface area contributed by atoms with Gasteiger partial charge in [0.1, 0.15) is 6.61 Å². The molecule has 0 aromatic heterocycles. The maximum Gasteiger partial charge on any atom is 0.373 e. The predicted octanol–water partition coefficient (Wildman–Crippen LogP) is 2.65. The minimum Gasteiger partial charge on any atom is -0.457 e. The topological polar surface area (TPSA) is 65.0 Å². The number of aliphatic hydroxyl groups excluding tert-OH is 1. The van der Waals surface area contributed by atoms with Gasteiger partial charge in [0, 0.05) is 19.1 Å². The van der Waals surface area contributed by atoms with Crippen LogP contribution in [-0.2, 0) is 19.0 Å². The van der Waals surface area contributed by atoms with E-state index in [1.807, 2.05) is 13.0 Å². The van der Waals surface area contributed by atoms with Crippen LogP contribution in [0.1, 0.15) is 33.6 Å². The summed E-state index contributed by atoms with van der Waals surface area (Å²) in [5.41, 5.74) is 0. The summed E-state index contributed by atoms with van der Waals surface area (Å²) in [5.74, 6) is 0.305. The highest BCUT2D eigenvalue weighted by Crippen LogP contribution is 2.37. The number of allylic oxidation sites excluding steroid dienone is 1. The van der Waals surface area contributed by atoms with Crippen LogP contribution < -0.4 is 0 Å². The Balaban J connectivity index is 2.95. The van der Waals surface area contributed by atoms with E-state index in [2.05, 4.69) is 20.4 Å². The van der Waals surface area contributed by atoms with Crippen LogP contribution >= 0.6 is 0 Å². The van der Waals surface area contributed by atoms with Crippen molar-refractivity contribution < 1.29 is 24.1 Å². The zero-order valence-electron chi connectivity index (χ0n) is 13.8. The smallest absolute Gasteiger partial charge is 0.373 e. The summed E-state index contributed by atoms with van der Waals surface area (Å²) < 4.78 is 16.5. The highest BCUT2D eigenvalue weighted by molar-refractivity contribution is 5.86. The van der Waals surface area contributed by atoms with Crippen molar-refractivity contribution in [3.63, 3.8) is 0 Å². The third-order valence-electron chi connectivity index (χ3n) is 3.76. The minimum atomic E-state index is -0.490. The molecule has 1 heterocycles. The third kappa shape index (κ3) is 5.14. The number of hydrogen-bond acceptors (Lipinski definition) is 5. The van der Waals surface area contributed by atoms with Crippen LogP contribution in [0.5, 0.6) is 0 Å². The van der Waals surface area contributed by atoms with Gasteiger partial charge in [0.05, 0.1) is 0 Å². The molecule has 0 fully saturated rings. The van der Waals surface area contributed by atoms with Crippen molar-refractivity contribution in [2.75, 3.05) is 19.8 Å². The van der Waals surface area contributed by atoms with Gasteiger partial charge >= 0.3 is 5.97 Å². The molecule has 0 amide bonds. The molecule has 0 spiro atoms. The van der Waals surface area contributed by atoms with Gasteiger partial charge in [0.25, 0.3) is 0 Å². The number of rotatable bonds is 9. The molecule has 3 unspecified atom stereocenters. The molecule has 1 aliphatic heterocycles. The van der Waals surface area contributed by atoms with Crippen LogP contribution in [0.25, 0.3) is 0 Å². The van der Waals surface area contributed by atoms with E-state index in [1.165, 1.54) is 6.08 Å². The molecule has 5 heteroatoms. The Bertz CT molecular complexity index is 389. The van der Waals surface area contributed by atoms with E-state index >= 15 is 0 Å². The Morgan fingerprint density at radius 3 is 2.82 bits per heavy atom. The second kappa shape index (κ2) is 9.64. The highest BCUT2D eigenvalue weighted by Gasteiger charge is 2.38. The van der Waals surface area contributed by atoms with Crippen LogP contribution in [-0.4, -0.2) is 37.2 Å². The molecule has 0 aromatic rings. The highest BCUT2D eigenvalue weighted by atomic mass is 16.7. The van der Waals surface area contributed by atoms with Gasteiger partial charge in [-0.05, 0) is 37.7 Å². The fraction of sp³-hybridized carbons (Fsp3) is 0.706. The number of aliphatic hydroxyl groups is 1. The number of carbonyl (C=O) groups is 1. The number of carbonyl (C=O) groups excluding carboxylic acids is 1. The van der Waals surface area contributed by atoms with E-state index in [4.69, 9.17) is 19.3 Å². The lowest BCUT2D eigenvalue weighted by atomic mass is 9.78. The molecule has 0 aromatic carbocycles. The first-order valence-corrected chi connectivity index (χ1v) is 7.94. The number of ether oxygens (including phenoxy) is 3. The van der Waals surface area contributed by atoms with Gasteiger partial charge in [0.2, 0.25) is 12.0 Å². The summed E-state index contributed by atoms with van der Waals surface area (Å²) in [6.07, 6.45) is 4.35. The van der Waals surface area contributed by atoms with Crippen molar-refractivity contribution in [1.82, 2.24) is 0 Å². The van der Waals surface area contributed by atoms with E-state index in [0.29, 0.717) is 18.9 Å². The second-order valence-electron chi connectivity index (χ2n) is 5.71. The normalized spacial score (nSPS) is 24.6. The van der Waals surface area contributed by atoms with Gasteiger partial charge < -0.3 is 19.3 Å². The molecular weight excluding hydrogens is 284 g/mol. The molecule has 126 valence electrons. The summed E-state index contributed by atoms with van der Waals surface area (Å²) in [6, 6.07) is 0. The van der Waals surface area contributed by atoms with E-state index < -0.39 is 12.3 Å². The molecule has 5 nitrogen and oxygen atoms in total. The molecule has 0 bridgehead atoms. The molecule has 0 saturated carbocycles. The number of hydrogen-bond donors (Lipinski definition) is 1. The van der Waals surface area contributed by atoms with Gasteiger partial charge in [-0.1, -0.05) is 26.5 Å². The molecule has 0 saturated heterocycles. The molecule has 22 heavy (non-hydrogen) atoms. The van der Waals surface area contributed by atoms with Crippen molar-refractivity contribution >= 4 is 5.97 Å². The lowest BCUT2D eigenvalue weighted by molar-refractivity contribution is -0.182. The van der Waals surface area contributed by atoms with Gasteiger partial charge in [-0.25, -0.2) is 4.79 Å². The van der Waals surface area contributed by atoms with Crippen LogP contribution in [0.2, 0.25) is 0 Å². The first kappa shape index (κ1) is 18.7. The quantitative estimate of drug-likeness (QED) is 0.524. The van der Waals surface area contributed by atoms with Gasteiger partial charge in [-0.2, -0.15) is 0 Å². The maximum absolute atomic E-state index is 12.0. The Morgan fingerprint density at radius 2 is 2.27 bits per heavy atom. The third-order valence-corrected chi connectivity index (χ3v) is 3.76. The fourth-order valence-corrected chi connectivity index (χ4v) is 2.72. The largest absolute Gasteiger partial charge is 0.457 e. The van der Waals surface area contributed by atoms with Crippen LogP contribution in [0.3, 0.4) is 0 Å². The Kier molecular flexibility index (Phi) is 8.20. The first-order chi connectivity index (χ1) is 10.5. The summed E-state index contributed by atoms with van der Waals surface area (Å²) >= 11 is 0. The summed E-state index contributed by atoms with van der Waals surface area (Å²) in [5, 5.41) is 9.09. The van der Waals surface area contributed by atoms with Gasteiger partial charge in [-0.3, -0.25) is 0 Å². The summed E-state index contributed by atoms with van der Waals surface area (Å²) in [6.45, 7) is 10.4. The minimum absolute atomic E-state index is 0.114. The first-order valence-electron chi connectivity index (χ1n) is 7.94. The van der Waals surface area contributed by atoms with Crippen molar-refractivity contribution in [2.45, 2.75) is 39.9 Å². The van der Waals surface area contributed by atoms with E-state index in [0.717, 1.165) is 6.42 Å². The summed E-state index contributed by atoms with van der Waals surface area (Å²) in [4.78, 5) is 12.0. The SMILES string of the molecule is C=CCOC(=O)C1=CC(C(C)C)C(CCCO)C(OCC)O1. The molecular formula is C17H28O5.